The number of halogens is 1. The molecule has 0 unspecified atom stereocenters. The first-order valence-corrected chi connectivity index (χ1v) is 8.55. The number of carbonyl (C=O) groups excluding carboxylic acids is 1. The summed E-state index contributed by atoms with van der Waals surface area (Å²) in [5, 5.41) is 10.5. The standard InChI is InChI=1S/C18H18ClN5O3/c1-12-8-15(22-27-12)21-16(25)11-23(2)14-9-20-24(18(26)17(14)19)10-13-6-4-3-5-7-13/h3-9H,10-11H2,1-2H3,(H,21,22,25). The van der Waals surface area contributed by atoms with Crippen molar-refractivity contribution in [3.8, 4) is 0 Å². The molecule has 1 aromatic carbocycles. The number of amides is 1. The quantitative estimate of drug-likeness (QED) is 0.697. The van der Waals surface area contributed by atoms with Crippen molar-refractivity contribution in [2.24, 2.45) is 0 Å². The van der Waals surface area contributed by atoms with Crippen molar-refractivity contribution in [1.29, 1.82) is 0 Å². The molecule has 0 bridgehead atoms. The number of hydrogen-bond acceptors (Lipinski definition) is 6. The molecular weight excluding hydrogens is 370 g/mol. The van der Waals surface area contributed by atoms with Crippen molar-refractivity contribution in [3.05, 3.63) is 69.3 Å². The van der Waals surface area contributed by atoms with Crippen molar-refractivity contribution in [3.63, 3.8) is 0 Å². The van der Waals surface area contributed by atoms with Gasteiger partial charge in [-0.15, -0.1) is 0 Å². The van der Waals surface area contributed by atoms with Gasteiger partial charge in [-0.25, -0.2) is 4.68 Å². The van der Waals surface area contributed by atoms with Gasteiger partial charge in [-0.3, -0.25) is 9.59 Å². The number of hydrogen-bond donors (Lipinski definition) is 1. The van der Waals surface area contributed by atoms with E-state index in [4.69, 9.17) is 16.1 Å². The second-order valence-corrected chi connectivity index (χ2v) is 6.40. The molecule has 0 spiro atoms. The highest BCUT2D eigenvalue weighted by atomic mass is 35.5. The number of likely N-dealkylation sites (N-methyl/N-ethyl adjacent to an activating group) is 1. The zero-order valence-corrected chi connectivity index (χ0v) is 15.6. The second kappa shape index (κ2) is 8.05. The molecule has 0 atom stereocenters. The number of nitrogens with one attached hydrogen (secondary N) is 1. The largest absolute Gasteiger partial charge is 0.363 e. The summed E-state index contributed by atoms with van der Waals surface area (Å²) in [5.41, 5.74) is 0.890. The SMILES string of the molecule is Cc1cc(NC(=O)CN(C)c2cnn(Cc3ccccc3)c(=O)c2Cl)no1. The predicted molar refractivity (Wildman–Crippen MR) is 102 cm³/mol. The molecule has 1 amide bonds. The van der Waals surface area contributed by atoms with Gasteiger partial charge in [0.15, 0.2) is 5.82 Å². The van der Waals surface area contributed by atoms with E-state index >= 15 is 0 Å². The van der Waals surface area contributed by atoms with Crippen LogP contribution >= 0.6 is 11.6 Å². The number of benzene rings is 1. The topological polar surface area (TPSA) is 93.3 Å². The fraction of sp³-hybridized carbons (Fsp3) is 0.222. The Balaban J connectivity index is 1.71. The van der Waals surface area contributed by atoms with Crippen molar-refractivity contribution >= 4 is 29.0 Å². The van der Waals surface area contributed by atoms with Crippen LogP contribution in [0.2, 0.25) is 5.02 Å². The number of rotatable bonds is 6. The molecule has 8 nitrogen and oxygen atoms in total. The zero-order chi connectivity index (χ0) is 19.4. The lowest BCUT2D eigenvalue weighted by atomic mass is 10.2. The van der Waals surface area contributed by atoms with Crippen LogP contribution in [0.5, 0.6) is 0 Å². The molecule has 9 heteroatoms. The van der Waals surface area contributed by atoms with Gasteiger partial charge in [0.1, 0.15) is 10.8 Å². The maximum atomic E-state index is 12.5. The van der Waals surface area contributed by atoms with E-state index in [-0.39, 0.29) is 17.5 Å². The fourth-order valence-corrected chi connectivity index (χ4v) is 2.79. The van der Waals surface area contributed by atoms with Gasteiger partial charge in [0.2, 0.25) is 5.91 Å². The average molecular weight is 388 g/mol. The third-order valence-corrected chi connectivity index (χ3v) is 4.18. The summed E-state index contributed by atoms with van der Waals surface area (Å²) in [6, 6.07) is 11.1. The summed E-state index contributed by atoms with van der Waals surface area (Å²) >= 11 is 6.23. The summed E-state index contributed by atoms with van der Waals surface area (Å²) < 4.78 is 6.18. The third kappa shape index (κ3) is 4.53. The second-order valence-electron chi connectivity index (χ2n) is 6.02. The minimum Gasteiger partial charge on any atom is -0.363 e. The maximum Gasteiger partial charge on any atom is 0.287 e. The predicted octanol–water partition coefficient (Wildman–Crippen LogP) is 2.32. The molecule has 0 aliphatic carbocycles. The van der Waals surface area contributed by atoms with Gasteiger partial charge in [-0.1, -0.05) is 47.1 Å². The molecular formula is C18H18ClN5O3. The fourth-order valence-electron chi connectivity index (χ4n) is 2.50. The van der Waals surface area contributed by atoms with Crippen LogP contribution in [0.1, 0.15) is 11.3 Å². The molecule has 0 radical (unpaired) electrons. The molecule has 0 aliphatic heterocycles. The van der Waals surface area contributed by atoms with Gasteiger partial charge in [-0.2, -0.15) is 5.10 Å². The number of aromatic nitrogens is 3. The molecule has 27 heavy (non-hydrogen) atoms. The Kier molecular flexibility index (Phi) is 5.56. The summed E-state index contributed by atoms with van der Waals surface area (Å²) in [6.45, 7) is 2.01. The molecule has 0 aliphatic rings. The van der Waals surface area contributed by atoms with Crippen LogP contribution in [0.3, 0.4) is 0 Å². The summed E-state index contributed by atoms with van der Waals surface area (Å²) in [4.78, 5) is 26.2. The number of nitrogens with zero attached hydrogens (tertiary/aromatic N) is 4. The minimum atomic E-state index is -0.419. The Labute approximate surface area is 160 Å². The highest BCUT2D eigenvalue weighted by Gasteiger charge is 2.16. The van der Waals surface area contributed by atoms with E-state index in [0.717, 1.165) is 5.56 Å². The van der Waals surface area contributed by atoms with Gasteiger partial charge in [0, 0.05) is 13.1 Å². The Hall–Kier alpha value is -3.13. The number of aryl methyl sites for hydroxylation is 1. The number of carbonyl (C=O) groups is 1. The highest BCUT2D eigenvalue weighted by molar-refractivity contribution is 6.33. The van der Waals surface area contributed by atoms with Gasteiger partial charge in [0.25, 0.3) is 5.56 Å². The van der Waals surface area contributed by atoms with Crippen molar-refractivity contribution < 1.29 is 9.32 Å². The van der Waals surface area contributed by atoms with Gasteiger partial charge >= 0.3 is 0 Å². The normalized spacial score (nSPS) is 10.6. The molecule has 1 N–H and O–H groups in total. The van der Waals surface area contributed by atoms with Crippen LogP contribution in [-0.4, -0.2) is 34.4 Å². The van der Waals surface area contributed by atoms with Gasteiger partial charge in [-0.05, 0) is 12.5 Å². The summed E-state index contributed by atoms with van der Waals surface area (Å²) in [5.74, 6) is 0.594. The molecule has 2 aromatic heterocycles. The van der Waals surface area contributed by atoms with Gasteiger partial charge < -0.3 is 14.7 Å². The van der Waals surface area contributed by atoms with Crippen LogP contribution in [0.4, 0.5) is 11.5 Å². The molecule has 0 saturated carbocycles. The Morgan fingerprint density at radius 3 is 2.74 bits per heavy atom. The molecule has 0 fully saturated rings. The first-order chi connectivity index (χ1) is 12.9. The van der Waals surface area contributed by atoms with E-state index in [1.165, 1.54) is 10.9 Å². The van der Waals surface area contributed by atoms with E-state index in [0.29, 0.717) is 23.8 Å². The van der Waals surface area contributed by atoms with Crippen LogP contribution in [0.25, 0.3) is 0 Å². The summed E-state index contributed by atoms with van der Waals surface area (Å²) in [6.07, 6.45) is 1.47. The lowest BCUT2D eigenvalue weighted by molar-refractivity contribution is -0.115. The Bertz CT molecular complexity index is 1000. The lowest BCUT2D eigenvalue weighted by Crippen LogP contribution is -2.33. The average Bonchev–Trinajstić information content (AvgIpc) is 3.04. The van der Waals surface area contributed by atoms with E-state index in [1.54, 1.807) is 24.9 Å². The molecule has 140 valence electrons. The number of anilines is 2. The molecule has 3 aromatic rings. The van der Waals surface area contributed by atoms with Crippen molar-refractivity contribution in [1.82, 2.24) is 14.9 Å². The smallest absolute Gasteiger partial charge is 0.287 e. The first-order valence-electron chi connectivity index (χ1n) is 8.18. The Morgan fingerprint density at radius 2 is 2.07 bits per heavy atom. The van der Waals surface area contributed by atoms with Crippen LogP contribution in [-0.2, 0) is 11.3 Å². The van der Waals surface area contributed by atoms with E-state index in [9.17, 15) is 9.59 Å². The van der Waals surface area contributed by atoms with E-state index in [2.05, 4.69) is 15.6 Å². The third-order valence-electron chi connectivity index (χ3n) is 3.83. The zero-order valence-electron chi connectivity index (χ0n) is 14.8. The molecule has 0 saturated heterocycles. The van der Waals surface area contributed by atoms with Crippen LogP contribution in [0.15, 0.2) is 51.9 Å². The van der Waals surface area contributed by atoms with E-state index in [1.807, 2.05) is 30.3 Å². The Morgan fingerprint density at radius 1 is 1.33 bits per heavy atom. The lowest BCUT2D eigenvalue weighted by Gasteiger charge is -2.19. The highest BCUT2D eigenvalue weighted by Crippen LogP contribution is 2.19. The maximum absolute atomic E-state index is 12.5. The molecule has 3 rings (SSSR count). The van der Waals surface area contributed by atoms with Crippen LogP contribution in [0, 0.1) is 6.92 Å². The van der Waals surface area contributed by atoms with Crippen molar-refractivity contribution in [2.75, 3.05) is 23.8 Å². The minimum absolute atomic E-state index is 0.00788. The molecule has 2 heterocycles. The summed E-state index contributed by atoms with van der Waals surface area (Å²) in [7, 11) is 1.65. The van der Waals surface area contributed by atoms with Gasteiger partial charge in [0.05, 0.1) is 25.0 Å². The first kappa shape index (κ1) is 18.7. The van der Waals surface area contributed by atoms with Crippen molar-refractivity contribution in [2.45, 2.75) is 13.5 Å². The monoisotopic (exact) mass is 387 g/mol. The van der Waals surface area contributed by atoms with E-state index < -0.39 is 5.56 Å². The van der Waals surface area contributed by atoms with Crippen LogP contribution < -0.4 is 15.8 Å².